The molecule has 1 aromatic carbocycles. The normalized spacial score (nSPS) is 23.7. The molecule has 4 N–H and O–H groups in total. The van der Waals surface area contributed by atoms with Crippen molar-refractivity contribution in [3.63, 3.8) is 0 Å². The molecule has 2 atom stereocenters. The van der Waals surface area contributed by atoms with E-state index in [2.05, 4.69) is 17.6 Å². The standard InChI is InChI=1S/C13H18FN3O/c1-8-6-10(4-5-16-8)17-12-3-2-9(13(15)18)7-11(12)14/h2-3,7-8,10,16-17H,4-6H2,1H3,(H2,15,18). The van der Waals surface area contributed by atoms with Gasteiger partial charge in [-0.3, -0.25) is 4.79 Å². The molecule has 98 valence electrons. The lowest BCUT2D eigenvalue weighted by Gasteiger charge is -2.29. The summed E-state index contributed by atoms with van der Waals surface area (Å²) >= 11 is 0. The predicted molar refractivity (Wildman–Crippen MR) is 69.0 cm³/mol. The van der Waals surface area contributed by atoms with E-state index in [9.17, 15) is 9.18 Å². The molecular formula is C13H18FN3O. The first-order chi connectivity index (χ1) is 8.56. The van der Waals surface area contributed by atoms with Crippen LogP contribution >= 0.6 is 0 Å². The minimum absolute atomic E-state index is 0.191. The smallest absolute Gasteiger partial charge is 0.248 e. The highest BCUT2D eigenvalue weighted by Gasteiger charge is 2.19. The van der Waals surface area contributed by atoms with Crippen LogP contribution in [0.2, 0.25) is 0 Å². The average molecular weight is 251 g/mol. The van der Waals surface area contributed by atoms with Crippen molar-refractivity contribution in [2.75, 3.05) is 11.9 Å². The van der Waals surface area contributed by atoms with Crippen LogP contribution in [0.25, 0.3) is 0 Å². The SMILES string of the molecule is CC1CC(Nc2ccc(C(N)=O)cc2F)CCN1. The van der Waals surface area contributed by atoms with Gasteiger partial charge in [-0.2, -0.15) is 0 Å². The lowest BCUT2D eigenvalue weighted by Crippen LogP contribution is -2.41. The molecule has 18 heavy (non-hydrogen) atoms. The van der Waals surface area contributed by atoms with E-state index >= 15 is 0 Å². The van der Waals surface area contributed by atoms with E-state index in [1.807, 2.05) is 0 Å². The largest absolute Gasteiger partial charge is 0.380 e. The van der Waals surface area contributed by atoms with Gasteiger partial charge in [0.25, 0.3) is 0 Å². The third-order valence-corrected chi connectivity index (χ3v) is 3.24. The topological polar surface area (TPSA) is 67.1 Å². The summed E-state index contributed by atoms with van der Waals surface area (Å²) in [4.78, 5) is 10.9. The molecule has 0 spiro atoms. The molecule has 1 aliphatic rings. The van der Waals surface area contributed by atoms with E-state index in [1.165, 1.54) is 12.1 Å². The molecular weight excluding hydrogens is 233 g/mol. The Hall–Kier alpha value is -1.62. The maximum absolute atomic E-state index is 13.8. The number of carbonyl (C=O) groups excluding carboxylic acids is 1. The van der Waals surface area contributed by atoms with Crippen molar-refractivity contribution in [3.05, 3.63) is 29.6 Å². The van der Waals surface area contributed by atoms with Gasteiger partial charge in [0, 0.05) is 17.6 Å². The first-order valence-electron chi connectivity index (χ1n) is 6.15. The molecule has 1 amide bonds. The highest BCUT2D eigenvalue weighted by Crippen LogP contribution is 2.20. The third-order valence-electron chi connectivity index (χ3n) is 3.24. The van der Waals surface area contributed by atoms with Gasteiger partial charge in [0.1, 0.15) is 5.82 Å². The molecule has 2 unspecified atom stereocenters. The van der Waals surface area contributed by atoms with Gasteiger partial charge in [-0.05, 0) is 44.5 Å². The molecule has 0 saturated carbocycles. The van der Waals surface area contributed by atoms with E-state index in [0.29, 0.717) is 11.7 Å². The number of benzene rings is 1. The van der Waals surface area contributed by atoms with Crippen LogP contribution in [0.1, 0.15) is 30.1 Å². The number of anilines is 1. The molecule has 1 heterocycles. The van der Waals surface area contributed by atoms with Gasteiger partial charge >= 0.3 is 0 Å². The Labute approximate surface area is 106 Å². The van der Waals surface area contributed by atoms with Gasteiger partial charge in [-0.25, -0.2) is 4.39 Å². The number of carbonyl (C=O) groups is 1. The Bertz CT molecular complexity index is 450. The number of amides is 1. The Kier molecular flexibility index (Phi) is 3.81. The van der Waals surface area contributed by atoms with Gasteiger partial charge in [0.15, 0.2) is 0 Å². The minimum Gasteiger partial charge on any atom is -0.380 e. The predicted octanol–water partition coefficient (Wildman–Crippen LogP) is 1.48. The first-order valence-corrected chi connectivity index (χ1v) is 6.15. The molecule has 1 saturated heterocycles. The summed E-state index contributed by atoms with van der Waals surface area (Å²) in [6.45, 7) is 3.04. The first kappa shape index (κ1) is 12.8. The third kappa shape index (κ3) is 2.98. The summed E-state index contributed by atoms with van der Waals surface area (Å²) in [6.07, 6.45) is 1.92. The Morgan fingerprint density at radius 2 is 2.33 bits per heavy atom. The van der Waals surface area contributed by atoms with Gasteiger partial charge < -0.3 is 16.4 Å². The number of nitrogens with one attached hydrogen (secondary N) is 2. The van der Waals surface area contributed by atoms with Crippen LogP contribution in [-0.4, -0.2) is 24.5 Å². The van der Waals surface area contributed by atoms with Gasteiger partial charge in [-0.15, -0.1) is 0 Å². The van der Waals surface area contributed by atoms with Crippen LogP contribution in [0.3, 0.4) is 0 Å². The van der Waals surface area contributed by atoms with Crippen molar-refractivity contribution in [3.8, 4) is 0 Å². The lowest BCUT2D eigenvalue weighted by molar-refractivity contribution is 0.1000. The maximum atomic E-state index is 13.8. The minimum atomic E-state index is -0.615. The van der Waals surface area contributed by atoms with Crippen LogP contribution in [0, 0.1) is 5.82 Å². The van der Waals surface area contributed by atoms with E-state index in [0.717, 1.165) is 19.4 Å². The van der Waals surface area contributed by atoms with Crippen molar-refractivity contribution in [2.45, 2.75) is 31.8 Å². The second-order valence-corrected chi connectivity index (χ2v) is 4.78. The molecule has 5 heteroatoms. The van der Waals surface area contributed by atoms with Crippen molar-refractivity contribution in [1.82, 2.24) is 5.32 Å². The molecule has 1 aromatic rings. The van der Waals surface area contributed by atoms with Crippen LogP contribution in [0.5, 0.6) is 0 Å². The van der Waals surface area contributed by atoms with Crippen LogP contribution < -0.4 is 16.4 Å². The number of hydrogen-bond acceptors (Lipinski definition) is 3. The molecule has 2 rings (SSSR count). The number of nitrogens with two attached hydrogens (primary N) is 1. The van der Waals surface area contributed by atoms with Gasteiger partial charge in [-0.1, -0.05) is 0 Å². The molecule has 1 fully saturated rings. The zero-order valence-corrected chi connectivity index (χ0v) is 10.4. The Balaban J connectivity index is 2.07. The lowest BCUT2D eigenvalue weighted by atomic mass is 10.00. The molecule has 0 aliphatic carbocycles. The number of rotatable bonds is 3. The maximum Gasteiger partial charge on any atom is 0.248 e. The zero-order valence-electron chi connectivity index (χ0n) is 10.4. The van der Waals surface area contributed by atoms with E-state index in [1.54, 1.807) is 6.07 Å². The van der Waals surface area contributed by atoms with Crippen molar-refractivity contribution in [1.29, 1.82) is 0 Å². The highest BCUT2D eigenvalue weighted by atomic mass is 19.1. The van der Waals surface area contributed by atoms with Crippen LogP contribution in [-0.2, 0) is 0 Å². The summed E-state index contributed by atoms with van der Waals surface area (Å²) < 4.78 is 13.8. The molecule has 0 bridgehead atoms. The van der Waals surface area contributed by atoms with Crippen LogP contribution in [0.4, 0.5) is 10.1 Å². The molecule has 4 nitrogen and oxygen atoms in total. The highest BCUT2D eigenvalue weighted by molar-refractivity contribution is 5.93. The van der Waals surface area contributed by atoms with E-state index in [4.69, 9.17) is 5.73 Å². The van der Waals surface area contributed by atoms with Crippen LogP contribution in [0.15, 0.2) is 18.2 Å². The number of piperidine rings is 1. The second-order valence-electron chi connectivity index (χ2n) is 4.78. The number of halogens is 1. The van der Waals surface area contributed by atoms with Crippen molar-refractivity contribution >= 4 is 11.6 Å². The fraction of sp³-hybridized carbons (Fsp3) is 0.462. The fourth-order valence-corrected chi connectivity index (χ4v) is 2.27. The van der Waals surface area contributed by atoms with Gasteiger partial charge in [0.05, 0.1) is 5.69 Å². The van der Waals surface area contributed by atoms with Crippen molar-refractivity contribution in [2.24, 2.45) is 5.73 Å². The van der Waals surface area contributed by atoms with Gasteiger partial charge in [0.2, 0.25) is 5.91 Å². The molecule has 1 aliphatic heterocycles. The van der Waals surface area contributed by atoms with E-state index < -0.39 is 11.7 Å². The zero-order chi connectivity index (χ0) is 13.1. The summed E-state index contributed by atoms with van der Waals surface area (Å²) in [7, 11) is 0. The fourth-order valence-electron chi connectivity index (χ4n) is 2.27. The monoisotopic (exact) mass is 251 g/mol. The second kappa shape index (κ2) is 5.35. The molecule has 0 aromatic heterocycles. The summed E-state index contributed by atoms with van der Waals surface area (Å²) in [6, 6.07) is 4.98. The summed E-state index contributed by atoms with van der Waals surface area (Å²) in [5.74, 6) is -1.05. The Morgan fingerprint density at radius 3 is 2.94 bits per heavy atom. The molecule has 0 radical (unpaired) electrons. The summed E-state index contributed by atoms with van der Waals surface area (Å²) in [5, 5.41) is 6.52. The van der Waals surface area contributed by atoms with Crippen molar-refractivity contribution < 1.29 is 9.18 Å². The number of primary amides is 1. The average Bonchev–Trinajstić information content (AvgIpc) is 2.31. The van der Waals surface area contributed by atoms with E-state index in [-0.39, 0.29) is 11.6 Å². The number of hydrogen-bond donors (Lipinski definition) is 3. The summed E-state index contributed by atoms with van der Waals surface area (Å²) in [5.41, 5.74) is 5.72. The Morgan fingerprint density at radius 1 is 1.56 bits per heavy atom. The quantitative estimate of drug-likeness (QED) is 0.762.